The fourth-order valence-electron chi connectivity index (χ4n) is 1.70. The van der Waals surface area contributed by atoms with Crippen LogP contribution in [0.25, 0.3) is 0 Å². The van der Waals surface area contributed by atoms with Gasteiger partial charge in [-0.15, -0.1) is 0 Å². The van der Waals surface area contributed by atoms with Gasteiger partial charge in [0.1, 0.15) is 0 Å². The van der Waals surface area contributed by atoms with Crippen molar-refractivity contribution in [1.29, 1.82) is 0 Å². The van der Waals surface area contributed by atoms with Crippen LogP contribution in [0.15, 0.2) is 24.3 Å². The van der Waals surface area contributed by atoms with E-state index in [2.05, 4.69) is 16.6 Å². The van der Waals surface area contributed by atoms with Crippen molar-refractivity contribution in [2.45, 2.75) is 19.3 Å². The molecule has 1 saturated carbocycles. The highest BCUT2D eigenvalue weighted by Crippen LogP contribution is 2.30. The molecule has 1 aromatic carbocycles. The molecule has 0 heterocycles. The van der Waals surface area contributed by atoms with E-state index in [0.29, 0.717) is 18.0 Å². The first-order valence-electron chi connectivity index (χ1n) is 6.29. The lowest BCUT2D eigenvalue weighted by molar-refractivity contribution is 0.305. The van der Waals surface area contributed by atoms with Crippen molar-refractivity contribution >= 4 is 15.7 Å². The number of anilines is 1. The molecule has 0 aliphatic heterocycles. The largest absolute Gasteiger partial charge is 0.395 e. The Bertz CT molecular complexity index is 595. The summed E-state index contributed by atoms with van der Waals surface area (Å²) in [6.45, 7) is 0.0285. The van der Waals surface area contributed by atoms with Crippen molar-refractivity contribution < 1.29 is 13.5 Å². The van der Waals surface area contributed by atoms with Crippen molar-refractivity contribution in [3.63, 3.8) is 0 Å². The summed E-state index contributed by atoms with van der Waals surface area (Å²) in [6, 6.07) is 6.98. The Morgan fingerprint density at radius 3 is 2.84 bits per heavy atom. The molecule has 0 aromatic heterocycles. The second-order valence-electron chi connectivity index (χ2n) is 4.68. The van der Waals surface area contributed by atoms with Crippen molar-refractivity contribution in [1.82, 2.24) is 0 Å². The zero-order valence-corrected chi connectivity index (χ0v) is 11.4. The lowest BCUT2D eigenvalue weighted by atomic mass is 10.2. The van der Waals surface area contributed by atoms with Crippen LogP contribution in [-0.2, 0) is 10.0 Å². The third-order valence-electron chi connectivity index (χ3n) is 2.76. The molecule has 0 spiro atoms. The molecule has 2 N–H and O–H groups in total. The number of nitrogens with one attached hydrogen (secondary N) is 1. The van der Waals surface area contributed by atoms with Gasteiger partial charge in [-0.2, -0.15) is 0 Å². The molecule has 102 valence electrons. The molecular weight excluding hydrogens is 262 g/mol. The molecule has 1 aromatic rings. The second-order valence-corrected chi connectivity index (χ2v) is 6.45. The molecule has 1 aliphatic rings. The predicted molar refractivity (Wildman–Crippen MR) is 75.2 cm³/mol. The Hall–Kier alpha value is -1.51. The number of aliphatic hydroxyl groups is 1. The Labute approximate surface area is 113 Å². The maximum Gasteiger partial charge on any atom is 0.232 e. The quantitative estimate of drug-likeness (QED) is 0.804. The predicted octanol–water partition coefficient (Wildman–Crippen LogP) is 1.57. The van der Waals surface area contributed by atoms with Gasteiger partial charge in [0.25, 0.3) is 0 Å². The maximum absolute atomic E-state index is 11.8. The van der Waals surface area contributed by atoms with Crippen molar-refractivity contribution in [2.24, 2.45) is 5.92 Å². The Balaban J connectivity index is 2.04. The molecule has 0 radical (unpaired) electrons. The summed E-state index contributed by atoms with van der Waals surface area (Å²) < 4.78 is 26.3. The molecule has 1 fully saturated rings. The molecule has 0 unspecified atom stereocenters. The van der Waals surface area contributed by atoms with E-state index in [1.807, 2.05) is 6.07 Å². The smallest absolute Gasteiger partial charge is 0.232 e. The standard InChI is InChI=1S/C14H17NO3S/c16-9-2-1-4-12-5-3-6-14(10-12)15-19(17,18)11-13-7-8-13/h3,5-6,10,13,15-16H,2,7-9,11H2. The van der Waals surface area contributed by atoms with Crippen LogP contribution in [0.4, 0.5) is 5.69 Å². The van der Waals surface area contributed by atoms with Crippen molar-refractivity contribution in [2.75, 3.05) is 17.1 Å². The minimum absolute atomic E-state index is 0.0285. The molecule has 0 saturated heterocycles. The van der Waals surface area contributed by atoms with E-state index < -0.39 is 10.0 Å². The number of rotatable bonds is 5. The van der Waals surface area contributed by atoms with E-state index in [9.17, 15) is 8.42 Å². The van der Waals surface area contributed by atoms with Gasteiger partial charge in [0.05, 0.1) is 12.4 Å². The van der Waals surface area contributed by atoms with Gasteiger partial charge < -0.3 is 5.11 Å². The van der Waals surface area contributed by atoms with Gasteiger partial charge in [0.2, 0.25) is 10.0 Å². The molecule has 4 nitrogen and oxygen atoms in total. The number of hydrogen-bond donors (Lipinski definition) is 2. The minimum atomic E-state index is -3.25. The molecule has 0 atom stereocenters. The summed E-state index contributed by atoms with van der Waals surface area (Å²) in [7, 11) is -3.25. The van der Waals surface area contributed by atoms with Gasteiger partial charge >= 0.3 is 0 Å². The highest BCUT2D eigenvalue weighted by Gasteiger charge is 2.27. The van der Waals surface area contributed by atoms with Crippen molar-refractivity contribution in [3.05, 3.63) is 29.8 Å². The molecule has 5 heteroatoms. The maximum atomic E-state index is 11.8. The SMILES string of the molecule is O=S(=O)(CC1CC1)Nc1cccc(C#CCCO)c1. The van der Waals surface area contributed by atoms with Crippen LogP contribution in [0.3, 0.4) is 0 Å². The molecule has 2 rings (SSSR count). The third kappa shape index (κ3) is 4.93. The van der Waals surface area contributed by atoms with E-state index >= 15 is 0 Å². The summed E-state index contributed by atoms with van der Waals surface area (Å²) in [5, 5.41) is 8.65. The molecule has 0 bridgehead atoms. The summed E-state index contributed by atoms with van der Waals surface area (Å²) in [5.74, 6) is 6.21. The number of benzene rings is 1. The van der Waals surface area contributed by atoms with E-state index in [4.69, 9.17) is 5.11 Å². The molecule has 19 heavy (non-hydrogen) atoms. The molecular formula is C14H17NO3S. The first-order valence-corrected chi connectivity index (χ1v) is 7.94. The first kappa shape index (κ1) is 13.9. The van der Waals surface area contributed by atoms with Crippen LogP contribution in [0.5, 0.6) is 0 Å². The monoisotopic (exact) mass is 279 g/mol. The van der Waals surface area contributed by atoms with Crippen LogP contribution in [0.2, 0.25) is 0 Å². The van der Waals surface area contributed by atoms with Gasteiger partial charge in [-0.05, 0) is 37.0 Å². The average Bonchev–Trinajstić information content (AvgIpc) is 3.12. The van der Waals surface area contributed by atoms with E-state index in [0.717, 1.165) is 18.4 Å². The summed E-state index contributed by atoms with van der Waals surface area (Å²) in [4.78, 5) is 0. The van der Waals surface area contributed by atoms with Crippen LogP contribution in [0, 0.1) is 17.8 Å². The van der Waals surface area contributed by atoms with Crippen LogP contribution in [-0.4, -0.2) is 25.9 Å². The Morgan fingerprint density at radius 1 is 1.37 bits per heavy atom. The van der Waals surface area contributed by atoms with Gasteiger partial charge in [-0.3, -0.25) is 4.72 Å². The Morgan fingerprint density at radius 2 is 2.16 bits per heavy atom. The average molecular weight is 279 g/mol. The lowest BCUT2D eigenvalue weighted by Crippen LogP contribution is -2.17. The topological polar surface area (TPSA) is 66.4 Å². The van der Waals surface area contributed by atoms with E-state index in [-0.39, 0.29) is 12.4 Å². The van der Waals surface area contributed by atoms with Crippen molar-refractivity contribution in [3.8, 4) is 11.8 Å². The van der Waals surface area contributed by atoms with Crippen LogP contribution in [0.1, 0.15) is 24.8 Å². The fraction of sp³-hybridized carbons (Fsp3) is 0.429. The summed E-state index contributed by atoms with van der Waals surface area (Å²) >= 11 is 0. The van der Waals surface area contributed by atoms with Gasteiger partial charge in [0, 0.05) is 17.7 Å². The van der Waals surface area contributed by atoms with E-state index in [1.165, 1.54) is 0 Å². The second kappa shape index (κ2) is 6.09. The summed E-state index contributed by atoms with van der Waals surface area (Å²) in [6.07, 6.45) is 2.43. The minimum Gasteiger partial charge on any atom is -0.395 e. The first-order chi connectivity index (χ1) is 9.09. The highest BCUT2D eigenvalue weighted by molar-refractivity contribution is 7.92. The lowest BCUT2D eigenvalue weighted by Gasteiger charge is -2.07. The highest BCUT2D eigenvalue weighted by atomic mass is 32.2. The number of sulfonamides is 1. The zero-order chi connectivity index (χ0) is 13.7. The normalized spacial score (nSPS) is 14.6. The van der Waals surface area contributed by atoms with E-state index in [1.54, 1.807) is 18.2 Å². The van der Waals surface area contributed by atoms with Crippen LogP contribution < -0.4 is 4.72 Å². The van der Waals surface area contributed by atoms with Gasteiger partial charge in [-0.25, -0.2) is 8.42 Å². The molecule has 0 amide bonds. The van der Waals surface area contributed by atoms with Gasteiger partial charge in [0.15, 0.2) is 0 Å². The molecule has 1 aliphatic carbocycles. The number of hydrogen-bond acceptors (Lipinski definition) is 3. The third-order valence-corrected chi connectivity index (χ3v) is 4.21. The zero-order valence-electron chi connectivity index (χ0n) is 10.6. The fourth-order valence-corrected chi connectivity index (χ4v) is 3.22. The van der Waals surface area contributed by atoms with Gasteiger partial charge in [-0.1, -0.05) is 17.9 Å². The summed E-state index contributed by atoms with van der Waals surface area (Å²) in [5.41, 5.74) is 1.27. The van der Waals surface area contributed by atoms with Crippen LogP contribution >= 0.6 is 0 Å². The number of aliphatic hydroxyl groups excluding tert-OH is 1. The Kier molecular flexibility index (Phi) is 4.46.